The Hall–Kier alpha value is 1.61. The third-order valence-corrected chi connectivity index (χ3v) is 9.43. The fourth-order valence-corrected chi connectivity index (χ4v) is 7.10. The van der Waals surface area contributed by atoms with Crippen molar-refractivity contribution in [2.45, 2.75) is 77.4 Å². The highest BCUT2D eigenvalue weighted by Crippen LogP contribution is 2.29. The van der Waals surface area contributed by atoms with Gasteiger partial charge in [0.2, 0.25) is 0 Å². The van der Waals surface area contributed by atoms with E-state index in [-0.39, 0.29) is 6.04 Å². The van der Waals surface area contributed by atoms with E-state index in [1.807, 2.05) is 57.0 Å². The predicted octanol–water partition coefficient (Wildman–Crippen LogP) is 4.79. The molecule has 0 amide bonds. The van der Waals surface area contributed by atoms with Gasteiger partial charge in [0.15, 0.2) is 0 Å². The van der Waals surface area contributed by atoms with Crippen LogP contribution in [0.25, 0.3) is 0 Å². The van der Waals surface area contributed by atoms with Crippen LogP contribution < -0.4 is 16.8 Å². The summed E-state index contributed by atoms with van der Waals surface area (Å²) >= 11 is 7.99. The van der Waals surface area contributed by atoms with Crippen molar-refractivity contribution in [2.75, 3.05) is 47.7 Å². The zero-order valence-corrected chi connectivity index (χ0v) is 25.3. The fourth-order valence-electron chi connectivity index (χ4n) is 1.71. The van der Waals surface area contributed by atoms with E-state index >= 15 is 0 Å². The largest absolute Gasteiger partial charge is 0.396 e. The standard InChI is InChI=1S/C7H15NS2.C4H9NS2.C4H11NS2.C3H8O.C3H6O/c1-2-4-8-7-3-5-9-10-6-7;5-4-1-2-6-7-3-4;5-4(3-7)1-2-6;2*1-2-3-4/h7-8H,2-6H2,1H3;4H,1-3,5H2;4,6-7H,1-3,5H2;4H,2-3H2,1H3;3H,2H2,1H3/t7-;2*4-;;/m000../s1. The Labute approximate surface area is 225 Å². The van der Waals surface area contributed by atoms with E-state index in [4.69, 9.17) is 16.6 Å². The Morgan fingerprint density at radius 2 is 1.62 bits per heavy atom. The zero-order valence-electron chi connectivity index (χ0n) is 20.2. The Bertz CT molecular complexity index is 334. The van der Waals surface area contributed by atoms with Gasteiger partial charge in [0.25, 0.3) is 0 Å². The summed E-state index contributed by atoms with van der Waals surface area (Å²) in [4.78, 5) is 9.17. The summed E-state index contributed by atoms with van der Waals surface area (Å²) in [5.74, 6) is 6.63. The molecule has 6 N–H and O–H groups in total. The summed E-state index contributed by atoms with van der Waals surface area (Å²) in [6.07, 6.45) is 7.18. The SMILES string of the molecule is CCC=O.CCCN[C@H]1CCSSC1.CCCO.N[C@H](CS)CCS.N[C@H]1CCSSC1. The quantitative estimate of drug-likeness (QED) is 0.140. The number of carbonyl (C=O) groups is 1. The Morgan fingerprint density at radius 1 is 1.06 bits per heavy atom. The first-order valence-corrected chi connectivity index (χ1v) is 17.7. The van der Waals surface area contributed by atoms with Gasteiger partial charge in [-0.2, -0.15) is 25.3 Å². The Kier molecular flexibility index (Phi) is 41.5. The van der Waals surface area contributed by atoms with Gasteiger partial charge in [0, 0.05) is 59.9 Å². The number of aliphatic hydroxyl groups is 1. The summed E-state index contributed by atoms with van der Waals surface area (Å²) in [7, 11) is 7.85. The molecule has 0 aromatic rings. The van der Waals surface area contributed by atoms with Crippen molar-refractivity contribution >= 4 is 74.7 Å². The third kappa shape index (κ3) is 36.2. The van der Waals surface area contributed by atoms with Gasteiger partial charge >= 0.3 is 0 Å². The maximum atomic E-state index is 9.17. The molecular formula is C21H49N3O2S6. The molecule has 0 unspecified atom stereocenters. The number of rotatable bonds is 8. The highest BCUT2D eigenvalue weighted by atomic mass is 33.1. The van der Waals surface area contributed by atoms with Crippen molar-refractivity contribution in [2.24, 2.45) is 11.5 Å². The van der Waals surface area contributed by atoms with Crippen molar-refractivity contribution < 1.29 is 9.90 Å². The van der Waals surface area contributed by atoms with Crippen LogP contribution in [-0.4, -0.2) is 77.2 Å². The van der Waals surface area contributed by atoms with E-state index in [2.05, 4.69) is 37.5 Å². The molecule has 0 aliphatic carbocycles. The first-order valence-electron chi connectivity index (χ1n) is 11.5. The maximum absolute atomic E-state index is 9.17. The van der Waals surface area contributed by atoms with E-state index in [0.29, 0.717) is 19.1 Å². The van der Waals surface area contributed by atoms with Crippen LogP contribution in [0, 0.1) is 0 Å². The normalized spacial score (nSPS) is 20.4. The Morgan fingerprint density at radius 3 is 1.88 bits per heavy atom. The van der Waals surface area contributed by atoms with Crippen LogP contribution in [0.15, 0.2) is 0 Å². The number of hydrogen-bond acceptors (Lipinski definition) is 11. The van der Waals surface area contributed by atoms with E-state index in [0.717, 1.165) is 42.4 Å². The molecule has 2 rings (SSSR count). The van der Waals surface area contributed by atoms with Gasteiger partial charge in [-0.25, -0.2) is 0 Å². The number of thiol groups is 2. The van der Waals surface area contributed by atoms with Gasteiger partial charge in [-0.1, -0.05) is 63.9 Å². The highest BCUT2D eigenvalue weighted by Gasteiger charge is 2.12. The molecule has 11 heteroatoms. The topological polar surface area (TPSA) is 101 Å². The molecule has 0 aromatic heterocycles. The molecule has 0 radical (unpaired) electrons. The third-order valence-electron chi connectivity index (χ3n) is 3.65. The average molecular weight is 568 g/mol. The molecule has 2 saturated heterocycles. The molecule has 32 heavy (non-hydrogen) atoms. The van der Waals surface area contributed by atoms with Crippen molar-refractivity contribution in [3.8, 4) is 0 Å². The number of aldehydes is 1. The molecule has 0 bridgehead atoms. The minimum Gasteiger partial charge on any atom is -0.396 e. The van der Waals surface area contributed by atoms with Crippen molar-refractivity contribution in [3.63, 3.8) is 0 Å². The zero-order chi connectivity index (χ0) is 24.9. The van der Waals surface area contributed by atoms with E-state index < -0.39 is 0 Å². The van der Waals surface area contributed by atoms with Gasteiger partial charge in [-0.3, -0.25) is 0 Å². The molecule has 2 aliphatic rings. The lowest BCUT2D eigenvalue weighted by atomic mass is 10.2. The number of nitrogens with two attached hydrogens (primary N) is 2. The minimum atomic E-state index is 0.237. The highest BCUT2D eigenvalue weighted by molar-refractivity contribution is 8.77. The Balaban J connectivity index is -0.000000345. The van der Waals surface area contributed by atoms with Gasteiger partial charge in [0.05, 0.1) is 0 Å². The second-order valence-corrected chi connectivity index (χ2v) is 13.0. The first-order chi connectivity index (χ1) is 15.5. The van der Waals surface area contributed by atoms with Gasteiger partial charge in [0.1, 0.15) is 6.29 Å². The summed E-state index contributed by atoms with van der Waals surface area (Å²) < 4.78 is 0. The van der Waals surface area contributed by atoms with E-state index in [1.54, 1.807) is 0 Å². The summed E-state index contributed by atoms with van der Waals surface area (Å²) in [5, 5.41) is 11.4. The molecule has 2 fully saturated rings. The number of nitrogens with one attached hydrogen (secondary N) is 1. The fraction of sp³-hybridized carbons (Fsp3) is 0.952. The molecule has 0 aromatic carbocycles. The van der Waals surface area contributed by atoms with Crippen LogP contribution in [0.4, 0.5) is 0 Å². The van der Waals surface area contributed by atoms with Gasteiger partial charge < -0.3 is 26.7 Å². The second kappa shape index (κ2) is 34.8. The van der Waals surface area contributed by atoms with Crippen molar-refractivity contribution in [1.82, 2.24) is 5.32 Å². The van der Waals surface area contributed by atoms with E-state index in [9.17, 15) is 4.79 Å². The summed E-state index contributed by atoms with van der Waals surface area (Å²) in [6.45, 7) is 7.47. The molecule has 5 nitrogen and oxygen atoms in total. The minimum absolute atomic E-state index is 0.237. The van der Waals surface area contributed by atoms with Crippen molar-refractivity contribution in [1.29, 1.82) is 0 Å². The van der Waals surface area contributed by atoms with Crippen LogP contribution in [0.2, 0.25) is 0 Å². The second-order valence-electron chi connectivity index (χ2n) is 6.95. The average Bonchev–Trinajstić information content (AvgIpc) is 2.85. The summed E-state index contributed by atoms with van der Waals surface area (Å²) in [6, 6.07) is 1.51. The lowest BCUT2D eigenvalue weighted by Crippen LogP contribution is -2.33. The van der Waals surface area contributed by atoms with Crippen LogP contribution in [0.3, 0.4) is 0 Å². The molecular weight excluding hydrogens is 519 g/mol. The van der Waals surface area contributed by atoms with Crippen molar-refractivity contribution in [3.05, 3.63) is 0 Å². The predicted molar refractivity (Wildman–Crippen MR) is 163 cm³/mol. The molecule has 0 saturated carbocycles. The number of aliphatic hydroxyl groups excluding tert-OH is 1. The van der Waals surface area contributed by atoms with E-state index in [1.165, 1.54) is 43.1 Å². The maximum Gasteiger partial charge on any atom is 0.119 e. The molecule has 2 aliphatic heterocycles. The number of hydrogen-bond donors (Lipinski definition) is 6. The molecule has 3 atom stereocenters. The van der Waals surface area contributed by atoms with Crippen LogP contribution >= 0.6 is 68.4 Å². The van der Waals surface area contributed by atoms with Crippen LogP contribution in [-0.2, 0) is 4.79 Å². The smallest absolute Gasteiger partial charge is 0.119 e. The molecule has 196 valence electrons. The first kappa shape index (κ1) is 38.1. The molecule has 2 heterocycles. The van der Waals surface area contributed by atoms with Crippen LogP contribution in [0.5, 0.6) is 0 Å². The lowest BCUT2D eigenvalue weighted by molar-refractivity contribution is -0.107. The monoisotopic (exact) mass is 567 g/mol. The molecule has 0 spiro atoms. The van der Waals surface area contributed by atoms with Gasteiger partial charge in [-0.05, 0) is 44.4 Å². The number of carbonyl (C=O) groups excluding carboxylic acids is 1. The lowest BCUT2D eigenvalue weighted by Gasteiger charge is -2.21. The summed E-state index contributed by atoms with van der Waals surface area (Å²) in [5.41, 5.74) is 11.1. The van der Waals surface area contributed by atoms with Crippen LogP contribution in [0.1, 0.15) is 59.3 Å². The van der Waals surface area contributed by atoms with Gasteiger partial charge in [-0.15, -0.1) is 0 Å².